The number of alkyl halides is 2. The summed E-state index contributed by atoms with van der Waals surface area (Å²) in [5.74, 6) is 0.00690. The molecule has 7 heteroatoms. The van der Waals surface area contributed by atoms with Crippen LogP contribution >= 0.6 is 45.5 Å². The van der Waals surface area contributed by atoms with E-state index in [4.69, 9.17) is 11.6 Å². The van der Waals surface area contributed by atoms with Crippen molar-refractivity contribution < 1.29 is 9.59 Å². The molecule has 0 saturated carbocycles. The van der Waals surface area contributed by atoms with Crippen LogP contribution in [0.2, 0.25) is 0 Å². The lowest BCUT2D eigenvalue weighted by molar-refractivity contribution is -0.132. The minimum atomic E-state index is -0.0468. The molecule has 0 aliphatic carbocycles. The van der Waals surface area contributed by atoms with Crippen LogP contribution in [0.25, 0.3) is 0 Å². The Morgan fingerprint density at radius 1 is 1.48 bits per heavy atom. The second kappa shape index (κ2) is 7.78. The van der Waals surface area contributed by atoms with Gasteiger partial charge in [-0.25, -0.2) is 0 Å². The van der Waals surface area contributed by atoms with E-state index in [9.17, 15) is 9.59 Å². The maximum atomic E-state index is 12.3. The van der Waals surface area contributed by atoms with E-state index in [1.54, 1.807) is 16.2 Å². The van der Waals surface area contributed by atoms with Crippen LogP contribution in [0.3, 0.4) is 0 Å². The van der Waals surface area contributed by atoms with Crippen molar-refractivity contribution >= 4 is 62.3 Å². The maximum Gasteiger partial charge on any atom is 0.237 e. The zero-order chi connectivity index (χ0) is 15.4. The molecule has 1 aliphatic heterocycles. The molecule has 116 valence electrons. The first-order valence-corrected chi connectivity index (χ1v) is 9.49. The molecule has 0 bridgehead atoms. The van der Waals surface area contributed by atoms with E-state index in [0.29, 0.717) is 29.9 Å². The summed E-state index contributed by atoms with van der Waals surface area (Å²) >= 11 is 9.53. The van der Waals surface area contributed by atoms with Crippen molar-refractivity contribution in [2.75, 3.05) is 24.3 Å². The molecule has 1 unspecified atom stereocenters. The third-order valence-electron chi connectivity index (χ3n) is 3.60. The number of carbonyl (C=O) groups is 2. The zero-order valence-corrected chi connectivity index (χ0v) is 15.5. The van der Waals surface area contributed by atoms with Gasteiger partial charge < -0.3 is 10.2 Å². The van der Waals surface area contributed by atoms with E-state index in [0.717, 1.165) is 5.00 Å². The fourth-order valence-corrected chi connectivity index (χ4v) is 3.93. The topological polar surface area (TPSA) is 49.4 Å². The minimum absolute atomic E-state index is 0.0172. The van der Waals surface area contributed by atoms with Crippen LogP contribution in [-0.2, 0) is 9.59 Å². The van der Waals surface area contributed by atoms with Gasteiger partial charge in [-0.15, -0.1) is 22.9 Å². The summed E-state index contributed by atoms with van der Waals surface area (Å²) in [6.45, 7) is 3.36. The van der Waals surface area contributed by atoms with Gasteiger partial charge in [-0.1, -0.05) is 22.6 Å². The average Bonchev–Trinajstić information content (AvgIpc) is 2.95. The molecule has 1 aromatic rings. The van der Waals surface area contributed by atoms with Gasteiger partial charge in [0.05, 0.1) is 5.00 Å². The van der Waals surface area contributed by atoms with Crippen LogP contribution in [0.4, 0.5) is 5.00 Å². The number of halogens is 2. The third-order valence-corrected chi connectivity index (χ3v) is 6.10. The fourth-order valence-electron chi connectivity index (χ4n) is 2.33. The van der Waals surface area contributed by atoms with E-state index in [-0.39, 0.29) is 23.6 Å². The number of hydrogen-bond acceptors (Lipinski definition) is 3. The molecule has 1 aromatic heterocycles. The van der Waals surface area contributed by atoms with Crippen LogP contribution in [0.15, 0.2) is 12.1 Å². The smallest absolute Gasteiger partial charge is 0.237 e. The summed E-state index contributed by atoms with van der Waals surface area (Å²) in [6.07, 6.45) is 1.41. The normalized spacial score (nSPS) is 17.6. The van der Waals surface area contributed by atoms with Gasteiger partial charge in [0.1, 0.15) is 5.88 Å². The highest BCUT2D eigenvalue weighted by Gasteiger charge is 2.27. The minimum Gasteiger partial charge on any atom is -0.342 e. The van der Waals surface area contributed by atoms with Gasteiger partial charge in [0, 0.05) is 27.8 Å². The Kier molecular flexibility index (Phi) is 6.31. The monoisotopic (exact) mass is 440 g/mol. The van der Waals surface area contributed by atoms with Crippen molar-refractivity contribution in [1.82, 2.24) is 4.90 Å². The standard InChI is InChI=1S/C14H18ClIN2O2S/c1-9(16)11-2-3-12(21-11)17-14(20)10-4-6-18(7-5-10)13(19)8-15/h2-3,9-10H,4-8H2,1H3,(H,17,20). The molecule has 0 radical (unpaired) electrons. The van der Waals surface area contributed by atoms with Gasteiger partial charge in [-0.2, -0.15) is 0 Å². The summed E-state index contributed by atoms with van der Waals surface area (Å²) in [7, 11) is 0. The van der Waals surface area contributed by atoms with Gasteiger partial charge in [0.2, 0.25) is 11.8 Å². The first kappa shape index (κ1) is 17.0. The summed E-state index contributed by atoms with van der Waals surface area (Å²) in [5, 5.41) is 3.89. The Morgan fingerprint density at radius 3 is 2.67 bits per heavy atom. The number of piperidine rings is 1. The van der Waals surface area contributed by atoms with Gasteiger partial charge in [-0.05, 0) is 31.9 Å². The van der Waals surface area contributed by atoms with E-state index in [1.165, 1.54) is 4.88 Å². The van der Waals surface area contributed by atoms with Crippen molar-refractivity contribution in [3.63, 3.8) is 0 Å². The fraction of sp³-hybridized carbons (Fsp3) is 0.571. The average molecular weight is 441 g/mol. The second-order valence-electron chi connectivity index (χ2n) is 5.10. The predicted octanol–water partition coefficient (Wildman–Crippen LogP) is 3.66. The summed E-state index contributed by atoms with van der Waals surface area (Å²) in [5.41, 5.74) is 0. The van der Waals surface area contributed by atoms with Crippen LogP contribution in [-0.4, -0.2) is 35.7 Å². The first-order chi connectivity index (χ1) is 10.0. The zero-order valence-electron chi connectivity index (χ0n) is 11.8. The first-order valence-electron chi connectivity index (χ1n) is 6.89. The molecule has 0 aromatic carbocycles. The highest BCUT2D eigenvalue weighted by Crippen LogP contribution is 2.32. The Hall–Kier alpha value is -0.340. The molecular formula is C14H18ClIN2O2S. The summed E-state index contributed by atoms with van der Waals surface area (Å²) in [6, 6.07) is 4.01. The molecule has 1 N–H and O–H groups in total. The molecule has 2 heterocycles. The van der Waals surface area contributed by atoms with E-state index < -0.39 is 0 Å². The molecule has 2 amide bonds. The molecule has 1 aliphatic rings. The van der Waals surface area contributed by atoms with Crippen LogP contribution in [0.5, 0.6) is 0 Å². The van der Waals surface area contributed by atoms with Gasteiger partial charge in [-0.3, -0.25) is 9.59 Å². The molecular weight excluding hydrogens is 423 g/mol. The Bertz CT molecular complexity index is 513. The van der Waals surface area contributed by atoms with E-state index in [1.807, 2.05) is 6.07 Å². The third kappa shape index (κ3) is 4.56. The Morgan fingerprint density at radius 2 is 2.14 bits per heavy atom. The molecule has 0 spiro atoms. The quantitative estimate of drug-likeness (QED) is 0.574. The summed E-state index contributed by atoms with van der Waals surface area (Å²) in [4.78, 5) is 26.7. The van der Waals surface area contributed by atoms with Crippen molar-refractivity contribution in [2.45, 2.75) is 23.7 Å². The molecule has 21 heavy (non-hydrogen) atoms. The highest BCUT2D eigenvalue weighted by molar-refractivity contribution is 14.1. The number of amides is 2. The maximum absolute atomic E-state index is 12.3. The number of carbonyl (C=O) groups excluding carboxylic acids is 2. The van der Waals surface area contributed by atoms with Crippen molar-refractivity contribution in [3.8, 4) is 0 Å². The van der Waals surface area contributed by atoms with Gasteiger partial charge in [0.15, 0.2) is 0 Å². The molecule has 2 rings (SSSR count). The number of hydrogen-bond donors (Lipinski definition) is 1. The largest absolute Gasteiger partial charge is 0.342 e. The number of anilines is 1. The van der Waals surface area contributed by atoms with Crippen molar-refractivity contribution in [3.05, 3.63) is 17.0 Å². The van der Waals surface area contributed by atoms with E-state index in [2.05, 4.69) is 40.9 Å². The Balaban J connectivity index is 1.85. The summed E-state index contributed by atoms with van der Waals surface area (Å²) < 4.78 is 0.447. The number of likely N-dealkylation sites (tertiary alicyclic amines) is 1. The van der Waals surface area contributed by atoms with Crippen LogP contribution in [0, 0.1) is 5.92 Å². The lowest BCUT2D eigenvalue weighted by Crippen LogP contribution is -2.41. The lowest BCUT2D eigenvalue weighted by Gasteiger charge is -2.30. The lowest BCUT2D eigenvalue weighted by atomic mass is 9.96. The van der Waals surface area contributed by atoms with Crippen LogP contribution in [0.1, 0.15) is 28.6 Å². The molecule has 4 nitrogen and oxygen atoms in total. The van der Waals surface area contributed by atoms with Gasteiger partial charge in [0.25, 0.3) is 0 Å². The molecule has 1 saturated heterocycles. The molecule has 1 atom stereocenters. The van der Waals surface area contributed by atoms with Gasteiger partial charge >= 0.3 is 0 Å². The highest BCUT2D eigenvalue weighted by atomic mass is 127. The Labute approximate surface area is 147 Å². The molecule has 1 fully saturated rings. The predicted molar refractivity (Wildman–Crippen MR) is 95.4 cm³/mol. The van der Waals surface area contributed by atoms with E-state index >= 15 is 0 Å². The number of nitrogens with zero attached hydrogens (tertiary/aromatic N) is 1. The SMILES string of the molecule is CC(I)c1ccc(NC(=O)C2CCN(C(=O)CCl)CC2)s1. The number of thiophene rings is 1. The number of nitrogens with one attached hydrogen (secondary N) is 1. The van der Waals surface area contributed by atoms with Crippen LogP contribution < -0.4 is 5.32 Å². The second-order valence-corrected chi connectivity index (χ2v) is 8.35. The number of rotatable bonds is 4. The van der Waals surface area contributed by atoms with Crippen molar-refractivity contribution in [1.29, 1.82) is 0 Å². The van der Waals surface area contributed by atoms with Crippen molar-refractivity contribution in [2.24, 2.45) is 5.92 Å².